The van der Waals surface area contributed by atoms with Crippen molar-refractivity contribution in [3.05, 3.63) is 23.9 Å². The fourth-order valence-electron chi connectivity index (χ4n) is 0.698. The molecule has 0 N–H and O–H groups in total. The van der Waals surface area contributed by atoms with Crippen LogP contribution in [0.3, 0.4) is 0 Å². The topological polar surface area (TPSA) is 29.4 Å². The van der Waals surface area contributed by atoms with Crippen LogP contribution in [0.5, 0.6) is 0 Å². The highest BCUT2D eigenvalue weighted by Crippen LogP contribution is 2.05. The Morgan fingerprint density at radius 1 is 1.80 bits per heavy atom. The molecular formula is C8H9NO. The summed E-state index contributed by atoms with van der Waals surface area (Å²) in [6, 6.07) is 0. The van der Waals surface area contributed by atoms with Gasteiger partial charge in [-0.3, -0.25) is 9.79 Å². The van der Waals surface area contributed by atoms with Crippen molar-refractivity contribution in [2.75, 3.05) is 0 Å². The van der Waals surface area contributed by atoms with E-state index in [4.69, 9.17) is 0 Å². The molecule has 1 heterocycles. The van der Waals surface area contributed by atoms with Gasteiger partial charge >= 0.3 is 0 Å². The standard InChI is InChI=1S/C8H9NO/c1-7(10)4-5-8-3-2-6-9-8/h3-6H,2H2,1H3/b5-4+. The van der Waals surface area contributed by atoms with E-state index in [2.05, 4.69) is 4.99 Å². The summed E-state index contributed by atoms with van der Waals surface area (Å²) in [4.78, 5) is 14.4. The molecule has 1 aliphatic heterocycles. The van der Waals surface area contributed by atoms with Gasteiger partial charge in [-0.05, 0) is 19.1 Å². The smallest absolute Gasteiger partial charge is 0.152 e. The van der Waals surface area contributed by atoms with Gasteiger partial charge in [-0.15, -0.1) is 0 Å². The Balaban J connectivity index is 2.53. The first-order chi connectivity index (χ1) is 4.79. The van der Waals surface area contributed by atoms with Crippen molar-refractivity contribution in [2.24, 2.45) is 4.99 Å². The molecule has 0 saturated heterocycles. The lowest BCUT2D eigenvalue weighted by atomic mass is 10.3. The molecule has 1 rings (SSSR count). The van der Waals surface area contributed by atoms with E-state index in [1.54, 1.807) is 6.08 Å². The van der Waals surface area contributed by atoms with E-state index in [9.17, 15) is 4.79 Å². The minimum absolute atomic E-state index is 0.0583. The van der Waals surface area contributed by atoms with Crippen molar-refractivity contribution in [1.82, 2.24) is 0 Å². The molecule has 0 radical (unpaired) electrons. The summed E-state index contributed by atoms with van der Waals surface area (Å²) in [7, 11) is 0. The predicted molar refractivity (Wildman–Crippen MR) is 41.0 cm³/mol. The summed E-state index contributed by atoms with van der Waals surface area (Å²) in [5.41, 5.74) is 0.884. The molecule has 2 nitrogen and oxygen atoms in total. The van der Waals surface area contributed by atoms with Gasteiger partial charge in [0.25, 0.3) is 0 Å². The van der Waals surface area contributed by atoms with Crippen LogP contribution in [0.1, 0.15) is 13.3 Å². The van der Waals surface area contributed by atoms with Crippen LogP contribution in [0.2, 0.25) is 0 Å². The number of ketones is 1. The SMILES string of the molecule is CC(=O)/C=C/C1=CCC=N1. The first-order valence-corrected chi connectivity index (χ1v) is 3.20. The van der Waals surface area contributed by atoms with Gasteiger partial charge in [0.1, 0.15) is 0 Å². The van der Waals surface area contributed by atoms with Gasteiger partial charge in [0.2, 0.25) is 0 Å². The largest absolute Gasteiger partial charge is 0.295 e. The zero-order valence-corrected chi connectivity index (χ0v) is 5.87. The normalized spacial score (nSPS) is 16.3. The van der Waals surface area contributed by atoms with Crippen LogP contribution < -0.4 is 0 Å². The summed E-state index contributed by atoms with van der Waals surface area (Å²) in [6.45, 7) is 1.52. The Morgan fingerprint density at radius 2 is 2.60 bits per heavy atom. The van der Waals surface area contributed by atoms with Crippen molar-refractivity contribution in [3.63, 3.8) is 0 Å². The number of nitrogens with zero attached hydrogens (tertiary/aromatic N) is 1. The maximum Gasteiger partial charge on any atom is 0.152 e. The summed E-state index contributed by atoms with van der Waals surface area (Å²) < 4.78 is 0. The lowest BCUT2D eigenvalue weighted by Crippen LogP contribution is -1.79. The van der Waals surface area contributed by atoms with Crippen LogP contribution in [-0.4, -0.2) is 12.0 Å². The molecule has 0 bridgehead atoms. The second-order valence-corrected chi connectivity index (χ2v) is 2.12. The molecule has 0 fully saturated rings. The van der Waals surface area contributed by atoms with Crippen molar-refractivity contribution in [3.8, 4) is 0 Å². The zero-order valence-electron chi connectivity index (χ0n) is 5.87. The molecule has 52 valence electrons. The van der Waals surface area contributed by atoms with E-state index in [0.29, 0.717) is 0 Å². The van der Waals surface area contributed by atoms with Gasteiger partial charge in [-0.25, -0.2) is 0 Å². The molecule has 0 aromatic rings. The quantitative estimate of drug-likeness (QED) is 0.527. The molecule has 10 heavy (non-hydrogen) atoms. The second kappa shape index (κ2) is 3.11. The van der Waals surface area contributed by atoms with Crippen LogP contribution in [0.15, 0.2) is 28.9 Å². The van der Waals surface area contributed by atoms with Gasteiger partial charge in [0.05, 0.1) is 5.70 Å². The molecule has 0 atom stereocenters. The van der Waals surface area contributed by atoms with Gasteiger partial charge in [-0.2, -0.15) is 0 Å². The average molecular weight is 135 g/mol. The Labute approximate surface area is 60.0 Å². The summed E-state index contributed by atoms with van der Waals surface area (Å²) in [5.74, 6) is 0.0583. The van der Waals surface area contributed by atoms with Gasteiger partial charge in [0, 0.05) is 12.6 Å². The molecule has 0 aliphatic carbocycles. The van der Waals surface area contributed by atoms with E-state index in [-0.39, 0.29) is 5.78 Å². The van der Waals surface area contributed by atoms with Crippen molar-refractivity contribution in [1.29, 1.82) is 0 Å². The molecule has 0 amide bonds. The van der Waals surface area contributed by atoms with E-state index in [0.717, 1.165) is 12.1 Å². The van der Waals surface area contributed by atoms with E-state index in [1.165, 1.54) is 13.0 Å². The molecule has 2 heteroatoms. The fourth-order valence-corrected chi connectivity index (χ4v) is 0.698. The highest BCUT2D eigenvalue weighted by atomic mass is 16.1. The third-order valence-electron chi connectivity index (χ3n) is 1.16. The molecule has 1 aliphatic rings. The Bertz CT molecular complexity index is 223. The number of hydrogen-bond acceptors (Lipinski definition) is 2. The number of aliphatic imine (C=N–C) groups is 1. The van der Waals surface area contributed by atoms with Crippen LogP contribution in [0, 0.1) is 0 Å². The lowest BCUT2D eigenvalue weighted by molar-refractivity contribution is -0.112. The van der Waals surface area contributed by atoms with E-state index >= 15 is 0 Å². The third kappa shape index (κ3) is 1.97. The molecule has 0 aromatic heterocycles. The minimum Gasteiger partial charge on any atom is -0.295 e. The Kier molecular flexibility index (Phi) is 2.15. The molecule has 0 aromatic carbocycles. The second-order valence-electron chi connectivity index (χ2n) is 2.12. The maximum absolute atomic E-state index is 10.4. The number of carbonyl (C=O) groups excluding carboxylic acids is 1. The lowest BCUT2D eigenvalue weighted by Gasteiger charge is -1.82. The minimum atomic E-state index is 0.0583. The van der Waals surface area contributed by atoms with Crippen molar-refractivity contribution >= 4 is 12.0 Å². The molecular weight excluding hydrogens is 126 g/mol. The van der Waals surface area contributed by atoms with E-state index in [1.807, 2.05) is 12.3 Å². The molecule has 0 spiro atoms. The average Bonchev–Trinajstić information content (AvgIpc) is 2.34. The summed E-state index contributed by atoms with van der Waals surface area (Å²) in [6.07, 6.45) is 7.93. The first-order valence-electron chi connectivity index (χ1n) is 3.20. The third-order valence-corrected chi connectivity index (χ3v) is 1.16. The van der Waals surface area contributed by atoms with E-state index < -0.39 is 0 Å². The molecule has 0 unspecified atom stereocenters. The van der Waals surface area contributed by atoms with Gasteiger partial charge < -0.3 is 0 Å². The fraction of sp³-hybridized carbons (Fsp3) is 0.250. The Hall–Kier alpha value is -1.18. The number of hydrogen-bond donors (Lipinski definition) is 0. The number of allylic oxidation sites excluding steroid dienone is 3. The maximum atomic E-state index is 10.4. The number of carbonyl (C=O) groups is 1. The van der Waals surface area contributed by atoms with Gasteiger partial charge in [-0.1, -0.05) is 6.08 Å². The molecule has 0 saturated carbocycles. The van der Waals surface area contributed by atoms with Crippen LogP contribution in [0.4, 0.5) is 0 Å². The summed E-state index contributed by atoms with van der Waals surface area (Å²) >= 11 is 0. The Morgan fingerprint density at radius 3 is 3.10 bits per heavy atom. The number of rotatable bonds is 2. The van der Waals surface area contributed by atoms with Crippen molar-refractivity contribution < 1.29 is 4.79 Å². The van der Waals surface area contributed by atoms with Gasteiger partial charge in [0.15, 0.2) is 5.78 Å². The van der Waals surface area contributed by atoms with Crippen LogP contribution in [0.25, 0.3) is 0 Å². The predicted octanol–water partition coefficient (Wildman–Crippen LogP) is 1.49. The first kappa shape index (κ1) is 6.93. The zero-order chi connectivity index (χ0) is 7.40. The van der Waals surface area contributed by atoms with Crippen LogP contribution >= 0.6 is 0 Å². The van der Waals surface area contributed by atoms with Crippen molar-refractivity contribution in [2.45, 2.75) is 13.3 Å². The summed E-state index contributed by atoms with van der Waals surface area (Å²) in [5, 5.41) is 0. The van der Waals surface area contributed by atoms with Crippen LogP contribution in [-0.2, 0) is 4.79 Å². The highest BCUT2D eigenvalue weighted by Gasteiger charge is 1.92. The highest BCUT2D eigenvalue weighted by molar-refractivity contribution is 5.87. The monoisotopic (exact) mass is 135 g/mol.